The van der Waals surface area contributed by atoms with E-state index in [4.69, 9.17) is 18.9 Å². The topological polar surface area (TPSA) is 54.0 Å². The Morgan fingerprint density at radius 3 is 2.21 bits per heavy atom. The maximum atomic E-state index is 11.5. The van der Waals surface area contributed by atoms with Gasteiger partial charge in [-0.15, -0.1) is 0 Å². The second kappa shape index (κ2) is 11.4. The Morgan fingerprint density at radius 1 is 0.882 bits per heavy atom. The second-order valence-electron chi connectivity index (χ2n) is 8.07. The van der Waals surface area contributed by atoms with Gasteiger partial charge in [-0.3, -0.25) is 0 Å². The minimum Gasteiger partial charge on any atom is -0.488 e. The number of ether oxygens (including phenoxy) is 4. The normalized spacial score (nSPS) is 12.5. The third-order valence-corrected chi connectivity index (χ3v) is 5.62. The number of hydrogen-bond donors (Lipinski definition) is 0. The number of hydrogen-bond acceptors (Lipinski definition) is 5. The number of carbonyl (C=O) groups is 1. The summed E-state index contributed by atoms with van der Waals surface area (Å²) in [5, 5.41) is 0. The molecule has 0 bridgehead atoms. The molecule has 0 saturated heterocycles. The van der Waals surface area contributed by atoms with Gasteiger partial charge in [0.25, 0.3) is 0 Å². The summed E-state index contributed by atoms with van der Waals surface area (Å²) >= 11 is 0. The Bertz CT molecular complexity index is 1130. The maximum Gasteiger partial charge on any atom is 0.330 e. The summed E-state index contributed by atoms with van der Waals surface area (Å²) in [7, 11) is 0. The summed E-state index contributed by atoms with van der Waals surface area (Å²) < 4.78 is 22.8. The van der Waals surface area contributed by atoms with Crippen molar-refractivity contribution in [1.29, 1.82) is 0 Å². The van der Waals surface area contributed by atoms with Crippen LogP contribution in [-0.4, -0.2) is 25.8 Å². The highest BCUT2D eigenvalue weighted by Gasteiger charge is 2.17. The van der Waals surface area contributed by atoms with Gasteiger partial charge in [0.15, 0.2) is 11.5 Å². The summed E-state index contributed by atoms with van der Waals surface area (Å²) in [5.41, 5.74) is 5.53. The highest BCUT2D eigenvalue weighted by Crippen LogP contribution is 2.38. The fourth-order valence-corrected chi connectivity index (χ4v) is 3.74. The van der Waals surface area contributed by atoms with E-state index in [2.05, 4.69) is 43.3 Å². The Hall–Kier alpha value is -3.73. The van der Waals surface area contributed by atoms with Crippen molar-refractivity contribution in [2.45, 2.75) is 33.3 Å². The Labute approximate surface area is 200 Å². The van der Waals surface area contributed by atoms with Crippen molar-refractivity contribution in [3.63, 3.8) is 0 Å². The van der Waals surface area contributed by atoms with Crippen LogP contribution in [0.3, 0.4) is 0 Å². The largest absolute Gasteiger partial charge is 0.488 e. The first kappa shape index (κ1) is 23.4. The van der Waals surface area contributed by atoms with Gasteiger partial charge in [0.2, 0.25) is 0 Å². The number of rotatable bonds is 9. The van der Waals surface area contributed by atoms with E-state index < -0.39 is 0 Å². The predicted molar refractivity (Wildman–Crippen MR) is 132 cm³/mol. The molecule has 0 saturated carbocycles. The molecule has 0 aliphatic carbocycles. The van der Waals surface area contributed by atoms with Crippen LogP contribution in [0.2, 0.25) is 0 Å². The van der Waals surface area contributed by atoms with Crippen molar-refractivity contribution < 1.29 is 23.7 Å². The van der Waals surface area contributed by atoms with E-state index in [0.29, 0.717) is 38.6 Å². The molecular formula is C29H30O5. The summed E-state index contributed by atoms with van der Waals surface area (Å²) in [6.45, 7) is 5.86. The quantitative estimate of drug-likeness (QED) is 0.301. The molecule has 0 aromatic heterocycles. The number of aryl methyl sites for hydroxylation is 1. The van der Waals surface area contributed by atoms with Gasteiger partial charge in [-0.25, -0.2) is 4.79 Å². The number of carbonyl (C=O) groups excluding carboxylic acids is 1. The summed E-state index contributed by atoms with van der Waals surface area (Å²) in [6.07, 6.45) is 4.90. The van der Waals surface area contributed by atoms with Gasteiger partial charge >= 0.3 is 5.97 Å². The fourth-order valence-electron chi connectivity index (χ4n) is 3.74. The highest BCUT2D eigenvalue weighted by atomic mass is 16.6. The highest BCUT2D eigenvalue weighted by molar-refractivity contribution is 5.87. The third-order valence-electron chi connectivity index (χ3n) is 5.62. The van der Waals surface area contributed by atoms with Crippen LogP contribution in [0.4, 0.5) is 0 Å². The molecule has 0 N–H and O–H groups in total. The number of benzene rings is 3. The molecule has 0 radical (unpaired) electrons. The molecule has 0 fully saturated rings. The molecule has 1 aliphatic rings. The van der Waals surface area contributed by atoms with E-state index in [-0.39, 0.29) is 5.97 Å². The maximum absolute atomic E-state index is 11.5. The molecule has 5 nitrogen and oxygen atoms in total. The molecule has 0 atom stereocenters. The van der Waals surface area contributed by atoms with Gasteiger partial charge in [-0.1, -0.05) is 55.5 Å². The molecule has 0 unspecified atom stereocenters. The van der Waals surface area contributed by atoms with E-state index >= 15 is 0 Å². The van der Waals surface area contributed by atoms with Gasteiger partial charge < -0.3 is 18.9 Å². The molecule has 176 valence electrons. The summed E-state index contributed by atoms with van der Waals surface area (Å²) in [4.78, 5) is 11.5. The standard InChI is InChI=1S/C29H30O5/c1-3-21-5-11-24(12-6-21)20-34-26-19-28-27(32-15-16-33-28)18-25(26)17-23-9-7-22(8-10-23)13-14-29(30)31-4-2/h5-14,18-19H,3-4,15-17,20H2,1-2H3. The summed E-state index contributed by atoms with van der Waals surface area (Å²) in [6, 6.07) is 20.5. The van der Waals surface area contributed by atoms with Crippen LogP contribution in [0, 0.1) is 0 Å². The van der Waals surface area contributed by atoms with Crippen LogP contribution in [-0.2, 0) is 29.0 Å². The van der Waals surface area contributed by atoms with Crippen LogP contribution in [0.1, 0.15) is 41.7 Å². The molecule has 0 spiro atoms. The fraction of sp³-hybridized carbons (Fsp3) is 0.276. The Morgan fingerprint density at radius 2 is 1.53 bits per heavy atom. The van der Waals surface area contributed by atoms with Crippen molar-refractivity contribution in [1.82, 2.24) is 0 Å². The molecule has 3 aromatic carbocycles. The van der Waals surface area contributed by atoms with Crippen LogP contribution in [0.15, 0.2) is 66.7 Å². The summed E-state index contributed by atoms with van der Waals surface area (Å²) in [5.74, 6) is 1.91. The molecular weight excluding hydrogens is 428 g/mol. The molecule has 34 heavy (non-hydrogen) atoms. The van der Waals surface area contributed by atoms with Crippen molar-refractivity contribution in [2.24, 2.45) is 0 Å². The van der Waals surface area contributed by atoms with Crippen molar-refractivity contribution in [3.8, 4) is 17.2 Å². The van der Waals surface area contributed by atoms with Gasteiger partial charge in [-0.2, -0.15) is 0 Å². The van der Waals surface area contributed by atoms with Crippen molar-refractivity contribution in [3.05, 3.63) is 94.6 Å². The first-order valence-corrected chi connectivity index (χ1v) is 11.7. The SMILES string of the molecule is CCOC(=O)C=Cc1ccc(Cc2cc3c(cc2OCc2ccc(CC)cc2)OCCO3)cc1. The minimum absolute atomic E-state index is 0.339. The molecule has 1 heterocycles. The second-order valence-corrected chi connectivity index (χ2v) is 8.07. The van der Waals surface area contributed by atoms with E-state index in [1.807, 2.05) is 24.3 Å². The van der Waals surface area contributed by atoms with Crippen molar-refractivity contribution >= 4 is 12.0 Å². The van der Waals surface area contributed by atoms with E-state index in [0.717, 1.165) is 40.2 Å². The Kier molecular flexibility index (Phi) is 7.87. The van der Waals surface area contributed by atoms with E-state index in [1.165, 1.54) is 11.6 Å². The molecule has 0 amide bonds. The number of esters is 1. The smallest absolute Gasteiger partial charge is 0.330 e. The lowest BCUT2D eigenvalue weighted by atomic mass is 10.0. The number of fused-ring (bicyclic) bond motifs is 1. The van der Waals surface area contributed by atoms with E-state index in [1.54, 1.807) is 13.0 Å². The van der Waals surface area contributed by atoms with Gasteiger partial charge in [0, 0.05) is 24.1 Å². The zero-order valence-electron chi connectivity index (χ0n) is 19.7. The van der Waals surface area contributed by atoms with Crippen LogP contribution in [0.5, 0.6) is 17.2 Å². The lowest BCUT2D eigenvalue weighted by Gasteiger charge is -2.21. The van der Waals surface area contributed by atoms with Crippen molar-refractivity contribution in [2.75, 3.05) is 19.8 Å². The molecule has 3 aromatic rings. The lowest BCUT2D eigenvalue weighted by molar-refractivity contribution is -0.137. The zero-order valence-corrected chi connectivity index (χ0v) is 19.7. The molecule has 1 aliphatic heterocycles. The zero-order chi connectivity index (χ0) is 23.8. The predicted octanol–water partition coefficient (Wildman–Crippen LogP) is 5.77. The van der Waals surface area contributed by atoms with E-state index in [9.17, 15) is 4.79 Å². The minimum atomic E-state index is -0.339. The van der Waals surface area contributed by atoms with Gasteiger partial charge in [-0.05, 0) is 47.7 Å². The average Bonchev–Trinajstić information content (AvgIpc) is 2.87. The van der Waals surface area contributed by atoms with Crippen LogP contribution in [0.25, 0.3) is 6.08 Å². The van der Waals surface area contributed by atoms with Gasteiger partial charge in [0.1, 0.15) is 25.6 Å². The third kappa shape index (κ3) is 6.19. The first-order chi connectivity index (χ1) is 16.6. The van der Waals surface area contributed by atoms with Crippen LogP contribution < -0.4 is 14.2 Å². The Balaban J connectivity index is 1.51. The molecule has 4 rings (SSSR count). The average molecular weight is 459 g/mol. The van der Waals surface area contributed by atoms with Gasteiger partial charge in [0.05, 0.1) is 6.61 Å². The van der Waals surface area contributed by atoms with Crippen LogP contribution >= 0.6 is 0 Å². The first-order valence-electron chi connectivity index (χ1n) is 11.7. The monoisotopic (exact) mass is 458 g/mol. The lowest BCUT2D eigenvalue weighted by Crippen LogP contribution is -2.16. The molecule has 5 heteroatoms.